The molecule has 136 valence electrons. The second kappa shape index (κ2) is 6.68. The molecule has 1 N–H and O–H groups in total. The van der Waals surface area contributed by atoms with Gasteiger partial charge in [-0.2, -0.15) is 4.31 Å². The molecule has 2 aromatic carbocycles. The minimum Gasteiger partial charge on any atom is -0.306 e. The average Bonchev–Trinajstić information content (AvgIpc) is 2.97. The van der Waals surface area contributed by atoms with Gasteiger partial charge in [-0.25, -0.2) is 13.2 Å². The lowest BCUT2D eigenvalue weighted by Gasteiger charge is -2.31. The third-order valence-corrected chi connectivity index (χ3v) is 7.23. The molecule has 0 spiro atoms. The molecule has 0 atom stereocenters. The number of benzene rings is 2. The van der Waals surface area contributed by atoms with E-state index in [1.54, 1.807) is 28.8 Å². The summed E-state index contributed by atoms with van der Waals surface area (Å²) in [6.07, 6.45) is 1.21. The monoisotopic (exact) mass is 435 g/mol. The molecule has 2 heterocycles. The molecule has 6 nitrogen and oxygen atoms in total. The number of nitrogens with one attached hydrogen (secondary N) is 1. The second-order valence-corrected chi connectivity index (χ2v) is 9.26. The highest BCUT2D eigenvalue weighted by Crippen LogP contribution is 2.28. The minimum atomic E-state index is -3.52. The van der Waals surface area contributed by atoms with Crippen molar-refractivity contribution < 1.29 is 8.42 Å². The molecule has 1 aliphatic heterocycles. The van der Waals surface area contributed by atoms with Crippen molar-refractivity contribution in [3.8, 4) is 0 Å². The predicted octanol–water partition coefficient (Wildman–Crippen LogP) is 3.12. The number of hydrogen-bond acceptors (Lipinski definition) is 3. The molecule has 8 heteroatoms. The van der Waals surface area contributed by atoms with Gasteiger partial charge in [0.05, 0.1) is 15.9 Å². The summed E-state index contributed by atoms with van der Waals surface area (Å²) in [5.41, 5.74) is 1.53. The Hall–Kier alpha value is -1.90. The number of aromatic nitrogens is 2. The molecule has 1 saturated heterocycles. The zero-order valence-electron chi connectivity index (χ0n) is 13.9. The Bertz CT molecular complexity index is 1110. The molecular weight excluding hydrogens is 418 g/mol. The van der Waals surface area contributed by atoms with Gasteiger partial charge in [0.1, 0.15) is 0 Å². The number of aromatic amines is 1. The normalized spacial score (nSPS) is 17.0. The van der Waals surface area contributed by atoms with E-state index in [4.69, 9.17) is 0 Å². The summed E-state index contributed by atoms with van der Waals surface area (Å²) < 4.78 is 29.7. The van der Waals surface area contributed by atoms with Crippen LogP contribution in [0.3, 0.4) is 0 Å². The van der Waals surface area contributed by atoms with E-state index in [0.29, 0.717) is 25.9 Å². The van der Waals surface area contributed by atoms with Crippen molar-refractivity contribution >= 4 is 37.0 Å². The van der Waals surface area contributed by atoms with E-state index in [1.165, 1.54) is 4.31 Å². The highest BCUT2D eigenvalue weighted by Gasteiger charge is 2.31. The summed E-state index contributed by atoms with van der Waals surface area (Å²) in [4.78, 5) is 15.5. The largest absolute Gasteiger partial charge is 0.326 e. The van der Waals surface area contributed by atoms with Gasteiger partial charge < -0.3 is 4.98 Å². The Morgan fingerprint density at radius 1 is 1.04 bits per heavy atom. The van der Waals surface area contributed by atoms with Gasteiger partial charge in [-0.1, -0.05) is 34.1 Å². The summed E-state index contributed by atoms with van der Waals surface area (Å²) >= 11 is 3.32. The molecule has 3 aromatic rings. The van der Waals surface area contributed by atoms with Gasteiger partial charge in [-0.15, -0.1) is 0 Å². The SMILES string of the molecule is O=c1[nH]c2ccccc2n1C1CCN(S(=O)(=O)c2cccc(Br)c2)CC1. The van der Waals surface area contributed by atoms with Crippen LogP contribution >= 0.6 is 15.9 Å². The first-order chi connectivity index (χ1) is 12.5. The van der Waals surface area contributed by atoms with E-state index >= 15 is 0 Å². The number of nitrogens with zero attached hydrogens (tertiary/aromatic N) is 2. The van der Waals surface area contributed by atoms with Gasteiger partial charge in [0.2, 0.25) is 10.0 Å². The van der Waals surface area contributed by atoms with Crippen LogP contribution in [0.2, 0.25) is 0 Å². The zero-order valence-corrected chi connectivity index (χ0v) is 16.3. The molecule has 1 aliphatic rings. The number of sulfonamides is 1. The van der Waals surface area contributed by atoms with Crippen LogP contribution in [-0.4, -0.2) is 35.4 Å². The van der Waals surface area contributed by atoms with E-state index in [2.05, 4.69) is 20.9 Å². The molecule has 0 saturated carbocycles. The highest BCUT2D eigenvalue weighted by molar-refractivity contribution is 9.10. The summed E-state index contributed by atoms with van der Waals surface area (Å²) in [5.74, 6) is 0. The van der Waals surface area contributed by atoms with E-state index in [9.17, 15) is 13.2 Å². The molecule has 1 aromatic heterocycles. The van der Waals surface area contributed by atoms with Crippen LogP contribution in [0.4, 0.5) is 0 Å². The topological polar surface area (TPSA) is 75.2 Å². The summed E-state index contributed by atoms with van der Waals surface area (Å²) in [7, 11) is -3.52. The van der Waals surface area contributed by atoms with Crippen molar-refractivity contribution in [1.29, 1.82) is 0 Å². The Kier molecular flexibility index (Phi) is 4.50. The molecule has 1 fully saturated rings. The second-order valence-electron chi connectivity index (χ2n) is 6.41. The average molecular weight is 436 g/mol. The zero-order chi connectivity index (χ0) is 18.3. The molecule has 0 unspecified atom stereocenters. The van der Waals surface area contributed by atoms with Crippen molar-refractivity contribution in [2.75, 3.05) is 13.1 Å². The van der Waals surface area contributed by atoms with E-state index in [0.717, 1.165) is 15.5 Å². The number of rotatable bonds is 3. The Morgan fingerprint density at radius 3 is 2.50 bits per heavy atom. The third kappa shape index (κ3) is 3.02. The van der Waals surface area contributed by atoms with E-state index < -0.39 is 10.0 Å². The fourth-order valence-corrected chi connectivity index (χ4v) is 5.62. The smallest absolute Gasteiger partial charge is 0.306 e. The van der Waals surface area contributed by atoms with Gasteiger partial charge in [0.25, 0.3) is 0 Å². The molecule has 0 amide bonds. The van der Waals surface area contributed by atoms with Crippen LogP contribution in [0.5, 0.6) is 0 Å². The molecule has 0 aliphatic carbocycles. The van der Waals surface area contributed by atoms with Crippen LogP contribution in [0.1, 0.15) is 18.9 Å². The van der Waals surface area contributed by atoms with E-state index in [-0.39, 0.29) is 16.6 Å². The van der Waals surface area contributed by atoms with E-state index in [1.807, 2.05) is 24.3 Å². The van der Waals surface area contributed by atoms with Crippen LogP contribution < -0.4 is 5.69 Å². The van der Waals surface area contributed by atoms with Gasteiger partial charge in [0, 0.05) is 23.6 Å². The maximum atomic E-state index is 12.8. The Balaban J connectivity index is 1.57. The molecule has 0 bridgehead atoms. The van der Waals surface area contributed by atoms with Gasteiger partial charge in [-0.05, 0) is 43.2 Å². The van der Waals surface area contributed by atoms with Crippen LogP contribution in [0, 0.1) is 0 Å². The number of imidazole rings is 1. The molecule has 26 heavy (non-hydrogen) atoms. The van der Waals surface area contributed by atoms with Crippen molar-refractivity contribution in [3.05, 3.63) is 63.5 Å². The summed E-state index contributed by atoms with van der Waals surface area (Å²) in [6.45, 7) is 0.789. The fourth-order valence-electron chi connectivity index (χ4n) is 3.55. The van der Waals surface area contributed by atoms with Crippen molar-refractivity contribution in [1.82, 2.24) is 13.9 Å². The predicted molar refractivity (Wildman–Crippen MR) is 104 cm³/mol. The number of hydrogen-bond donors (Lipinski definition) is 1. The summed E-state index contributed by atoms with van der Waals surface area (Å²) in [6, 6.07) is 14.3. The van der Waals surface area contributed by atoms with Crippen LogP contribution in [0.25, 0.3) is 11.0 Å². The molecular formula is C18H18BrN3O3S. The number of halogens is 1. The maximum absolute atomic E-state index is 12.8. The fraction of sp³-hybridized carbons (Fsp3) is 0.278. The quantitative estimate of drug-likeness (QED) is 0.686. The number of fused-ring (bicyclic) bond motifs is 1. The molecule has 0 radical (unpaired) electrons. The number of H-pyrrole nitrogens is 1. The van der Waals surface area contributed by atoms with Crippen molar-refractivity contribution in [2.24, 2.45) is 0 Å². The summed E-state index contributed by atoms with van der Waals surface area (Å²) in [5, 5.41) is 0. The highest BCUT2D eigenvalue weighted by atomic mass is 79.9. The third-order valence-electron chi connectivity index (χ3n) is 4.85. The Labute approximate surface area is 159 Å². The van der Waals surface area contributed by atoms with Crippen molar-refractivity contribution in [2.45, 2.75) is 23.8 Å². The molecule has 4 rings (SSSR count). The van der Waals surface area contributed by atoms with Crippen LogP contribution in [0.15, 0.2) is 62.7 Å². The van der Waals surface area contributed by atoms with Gasteiger partial charge in [-0.3, -0.25) is 4.57 Å². The number of para-hydroxylation sites is 2. The standard InChI is InChI=1S/C18H18BrN3O3S/c19-13-4-3-5-15(12-13)26(24,25)21-10-8-14(9-11-21)22-17-7-2-1-6-16(17)20-18(22)23/h1-7,12,14H,8-11H2,(H,20,23). The van der Waals surface area contributed by atoms with Gasteiger partial charge in [0.15, 0.2) is 0 Å². The van der Waals surface area contributed by atoms with Crippen molar-refractivity contribution in [3.63, 3.8) is 0 Å². The maximum Gasteiger partial charge on any atom is 0.326 e. The first kappa shape index (κ1) is 17.5. The van der Waals surface area contributed by atoms with Crippen LogP contribution in [-0.2, 0) is 10.0 Å². The number of piperidine rings is 1. The Morgan fingerprint density at radius 2 is 1.77 bits per heavy atom. The lowest BCUT2D eigenvalue weighted by Crippen LogP contribution is -2.40. The lowest BCUT2D eigenvalue weighted by atomic mass is 10.1. The first-order valence-electron chi connectivity index (χ1n) is 8.42. The van der Waals surface area contributed by atoms with Gasteiger partial charge >= 0.3 is 5.69 Å². The minimum absolute atomic E-state index is 0.00684. The lowest BCUT2D eigenvalue weighted by molar-refractivity contribution is 0.274. The first-order valence-corrected chi connectivity index (χ1v) is 10.6.